The number of ether oxygens (including phenoxy) is 2. The number of hydrogen-bond acceptors (Lipinski definition) is 5. The van der Waals surface area contributed by atoms with Crippen molar-refractivity contribution < 1.29 is 14.4 Å². The summed E-state index contributed by atoms with van der Waals surface area (Å²) in [4.78, 5) is 13.2. The van der Waals surface area contributed by atoms with Crippen molar-refractivity contribution in [3.63, 3.8) is 0 Å². The van der Waals surface area contributed by atoms with E-state index in [4.69, 9.17) is 9.47 Å². The monoisotopic (exact) mass is 404 g/mol. The molecule has 30 heavy (non-hydrogen) atoms. The minimum absolute atomic E-state index is 0.0222. The van der Waals surface area contributed by atoms with Crippen molar-refractivity contribution in [1.82, 2.24) is 4.90 Å². The fourth-order valence-electron chi connectivity index (χ4n) is 4.20. The third-order valence-electron chi connectivity index (χ3n) is 5.60. The third-order valence-corrected chi connectivity index (χ3v) is 5.60. The van der Waals surface area contributed by atoms with Gasteiger partial charge in [0.1, 0.15) is 0 Å². The molecule has 0 aromatic heterocycles. The lowest BCUT2D eigenvalue weighted by molar-refractivity contribution is -0.384. The first kappa shape index (κ1) is 19.9. The van der Waals surface area contributed by atoms with Crippen molar-refractivity contribution in [3.8, 4) is 11.5 Å². The summed E-state index contributed by atoms with van der Waals surface area (Å²) in [6.45, 7) is 1.46. The Labute approximate surface area is 175 Å². The number of rotatable bonds is 6. The highest BCUT2D eigenvalue weighted by atomic mass is 16.6. The van der Waals surface area contributed by atoms with Crippen molar-refractivity contribution >= 4 is 5.69 Å². The maximum atomic E-state index is 11.2. The molecule has 0 aliphatic carbocycles. The summed E-state index contributed by atoms with van der Waals surface area (Å²) in [5, 5.41) is 11.2. The van der Waals surface area contributed by atoms with E-state index in [-0.39, 0.29) is 16.7 Å². The van der Waals surface area contributed by atoms with E-state index in [0.717, 1.165) is 24.3 Å². The van der Waals surface area contributed by atoms with Crippen molar-refractivity contribution in [2.45, 2.75) is 19.0 Å². The lowest BCUT2D eigenvalue weighted by atomic mass is 9.87. The van der Waals surface area contributed by atoms with Crippen molar-refractivity contribution in [1.29, 1.82) is 0 Å². The van der Waals surface area contributed by atoms with E-state index in [2.05, 4.69) is 29.2 Å². The molecular weight excluding hydrogens is 380 g/mol. The zero-order valence-corrected chi connectivity index (χ0v) is 17.1. The van der Waals surface area contributed by atoms with Crippen LogP contribution in [0.25, 0.3) is 0 Å². The fourth-order valence-corrected chi connectivity index (χ4v) is 4.20. The Kier molecular flexibility index (Phi) is 5.68. The SMILES string of the molecule is COc1cc2c(cc1OC)C(c1ccccc1)N(Cc1cccc([N+](=O)[O-])c1)CC2. The first-order valence-electron chi connectivity index (χ1n) is 9.88. The topological polar surface area (TPSA) is 64.8 Å². The van der Waals surface area contributed by atoms with Crippen molar-refractivity contribution in [2.24, 2.45) is 0 Å². The number of hydrogen-bond donors (Lipinski definition) is 0. The highest BCUT2D eigenvalue weighted by Gasteiger charge is 2.30. The minimum Gasteiger partial charge on any atom is -0.493 e. The van der Waals surface area contributed by atoms with Crippen molar-refractivity contribution in [2.75, 3.05) is 20.8 Å². The Bertz CT molecular complexity index is 1050. The van der Waals surface area contributed by atoms with Crippen LogP contribution in [-0.4, -0.2) is 30.6 Å². The van der Waals surface area contributed by atoms with E-state index in [1.807, 2.05) is 24.3 Å². The van der Waals surface area contributed by atoms with Gasteiger partial charge < -0.3 is 9.47 Å². The van der Waals surface area contributed by atoms with Crippen LogP contribution < -0.4 is 9.47 Å². The molecule has 1 atom stereocenters. The average molecular weight is 404 g/mol. The average Bonchev–Trinajstić information content (AvgIpc) is 2.78. The number of nitrogens with zero attached hydrogens (tertiary/aromatic N) is 2. The van der Waals surface area contributed by atoms with Crippen LogP contribution in [0, 0.1) is 10.1 Å². The molecule has 1 aliphatic heterocycles. The molecule has 0 radical (unpaired) electrons. The van der Waals surface area contributed by atoms with Gasteiger partial charge in [-0.2, -0.15) is 0 Å². The third kappa shape index (κ3) is 3.86. The molecule has 0 N–H and O–H groups in total. The fraction of sp³-hybridized carbons (Fsp3) is 0.250. The van der Waals surface area contributed by atoms with Gasteiger partial charge in [-0.3, -0.25) is 15.0 Å². The van der Waals surface area contributed by atoms with Gasteiger partial charge in [-0.05, 0) is 40.8 Å². The van der Waals surface area contributed by atoms with Gasteiger partial charge in [0, 0.05) is 25.2 Å². The van der Waals surface area contributed by atoms with Crippen LogP contribution in [0.3, 0.4) is 0 Å². The Balaban J connectivity index is 1.76. The number of benzene rings is 3. The zero-order chi connectivity index (χ0) is 21.1. The Hall–Kier alpha value is -3.38. The summed E-state index contributed by atoms with van der Waals surface area (Å²) >= 11 is 0. The molecule has 3 aromatic carbocycles. The van der Waals surface area contributed by atoms with E-state index in [0.29, 0.717) is 12.3 Å². The number of nitro groups is 1. The van der Waals surface area contributed by atoms with E-state index in [1.165, 1.54) is 22.8 Å². The molecule has 1 aliphatic rings. The lowest BCUT2D eigenvalue weighted by Crippen LogP contribution is -2.35. The summed E-state index contributed by atoms with van der Waals surface area (Å²) in [7, 11) is 3.29. The standard InChI is InChI=1S/C24H24N2O4/c1-29-22-14-19-11-12-25(16-17-7-6-10-20(13-17)26(27)28)24(18-8-4-3-5-9-18)21(19)15-23(22)30-2/h3-10,13-15,24H,11-12,16H2,1-2H3. The van der Waals surface area contributed by atoms with Gasteiger partial charge in [0.15, 0.2) is 11.5 Å². The van der Waals surface area contributed by atoms with E-state index < -0.39 is 0 Å². The maximum Gasteiger partial charge on any atom is 0.269 e. The molecule has 0 saturated heterocycles. The lowest BCUT2D eigenvalue weighted by Gasteiger charge is -2.38. The second kappa shape index (κ2) is 8.55. The molecule has 154 valence electrons. The predicted molar refractivity (Wildman–Crippen MR) is 115 cm³/mol. The number of methoxy groups -OCH3 is 2. The second-order valence-corrected chi connectivity index (χ2v) is 7.37. The van der Waals surface area contributed by atoms with Crippen LogP contribution in [0.2, 0.25) is 0 Å². The summed E-state index contributed by atoms with van der Waals surface area (Å²) in [6.07, 6.45) is 0.869. The summed E-state index contributed by atoms with van der Waals surface area (Å²) in [6, 6.07) is 21.4. The van der Waals surface area contributed by atoms with Crippen LogP contribution in [0.4, 0.5) is 5.69 Å². The molecule has 4 rings (SSSR count). The highest BCUT2D eigenvalue weighted by Crippen LogP contribution is 2.41. The molecule has 1 unspecified atom stereocenters. The molecule has 0 spiro atoms. The number of non-ortho nitro benzene ring substituents is 1. The van der Waals surface area contributed by atoms with Crippen LogP contribution >= 0.6 is 0 Å². The van der Waals surface area contributed by atoms with Gasteiger partial charge in [-0.25, -0.2) is 0 Å². The Morgan fingerprint density at radius 3 is 2.43 bits per heavy atom. The van der Waals surface area contributed by atoms with E-state index >= 15 is 0 Å². The molecule has 0 fully saturated rings. The van der Waals surface area contributed by atoms with Crippen LogP contribution in [0.15, 0.2) is 66.7 Å². The summed E-state index contributed by atoms with van der Waals surface area (Å²) in [5.41, 5.74) is 4.63. The molecule has 3 aromatic rings. The van der Waals surface area contributed by atoms with Crippen molar-refractivity contribution in [3.05, 3.63) is 99.1 Å². The Morgan fingerprint density at radius 1 is 1.00 bits per heavy atom. The smallest absolute Gasteiger partial charge is 0.269 e. The largest absolute Gasteiger partial charge is 0.493 e. The maximum absolute atomic E-state index is 11.2. The molecule has 0 bridgehead atoms. The van der Waals surface area contributed by atoms with Crippen LogP contribution in [0.1, 0.15) is 28.3 Å². The zero-order valence-electron chi connectivity index (χ0n) is 17.1. The molecule has 0 saturated carbocycles. The first-order chi connectivity index (χ1) is 14.6. The first-order valence-corrected chi connectivity index (χ1v) is 9.88. The van der Waals surface area contributed by atoms with Gasteiger partial charge in [0.25, 0.3) is 5.69 Å². The van der Waals surface area contributed by atoms with Crippen LogP contribution in [0.5, 0.6) is 11.5 Å². The number of nitro benzene ring substituents is 1. The summed E-state index contributed by atoms with van der Waals surface area (Å²) < 4.78 is 11.1. The molecule has 0 amide bonds. The quantitative estimate of drug-likeness (QED) is 0.438. The van der Waals surface area contributed by atoms with Gasteiger partial charge in [-0.1, -0.05) is 42.5 Å². The molecule has 1 heterocycles. The molecular formula is C24H24N2O4. The summed E-state index contributed by atoms with van der Waals surface area (Å²) in [5.74, 6) is 1.43. The predicted octanol–water partition coefficient (Wildman–Crippen LogP) is 4.76. The highest BCUT2D eigenvalue weighted by molar-refractivity contribution is 5.51. The minimum atomic E-state index is -0.346. The van der Waals surface area contributed by atoms with Gasteiger partial charge in [-0.15, -0.1) is 0 Å². The second-order valence-electron chi connectivity index (χ2n) is 7.37. The van der Waals surface area contributed by atoms with Gasteiger partial charge >= 0.3 is 0 Å². The van der Waals surface area contributed by atoms with E-state index in [9.17, 15) is 10.1 Å². The molecule has 6 heteroatoms. The normalized spacial score (nSPS) is 16.0. The van der Waals surface area contributed by atoms with E-state index in [1.54, 1.807) is 26.4 Å². The molecule has 6 nitrogen and oxygen atoms in total. The van der Waals surface area contributed by atoms with Gasteiger partial charge in [0.05, 0.1) is 25.2 Å². The van der Waals surface area contributed by atoms with Gasteiger partial charge in [0.2, 0.25) is 0 Å². The number of fused-ring (bicyclic) bond motifs is 1. The van der Waals surface area contributed by atoms with Crippen LogP contribution in [-0.2, 0) is 13.0 Å². The Morgan fingerprint density at radius 2 is 1.73 bits per heavy atom.